The van der Waals surface area contributed by atoms with E-state index in [-0.39, 0.29) is 12.0 Å². The molecule has 1 heterocycles. The molecule has 1 saturated heterocycles. The molecule has 4 nitrogen and oxygen atoms in total. The van der Waals surface area contributed by atoms with Gasteiger partial charge < -0.3 is 14.9 Å². The summed E-state index contributed by atoms with van der Waals surface area (Å²) in [5.41, 5.74) is 0. The Morgan fingerprint density at radius 1 is 1.56 bits per heavy atom. The Balaban J connectivity index is 2.38. The second kappa shape index (κ2) is 6.21. The molecule has 0 bridgehead atoms. The highest BCUT2D eigenvalue weighted by Gasteiger charge is 2.24. The van der Waals surface area contributed by atoms with Gasteiger partial charge in [0.15, 0.2) is 0 Å². The van der Waals surface area contributed by atoms with Gasteiger partial charge in [0.2, 0.25) is 5.91 Å². The van der Waals surface area contributed by atoms with Crippen LogP contribution in [0.25, 0.3) is 0 Å². The van der Waals surface area contributed by atoms with Crippen LogP contribution in [0.5, 0.6) is 0 Å². The maximum absolute atomic E-state index is 11.9. The molecule has 0 aromatic heterocycles. The molecule has 1 aliphatic heterocycles. The molecule has 1 N–H and O–H groups in total. The van der Waals surface area contributed by atoms with Crippen LogP contribution in [0.1, 0.15) is 32.6 Å². The fourth-order valence-electron chi connectivity index (χ4n) is 2.09. The summed E-state index contributed by atoms with van der Waals surface area (Å²) in [6, 6.07) is 0.490. The van der Waals surface area contributed by atoms with E-state index in [0.29, 0.717) is 18.9 Å². The summed E-state index contributed by atoms with van der Waals surface area (Å²) in [6.07, 6.45) is 2.93. The zero-order valence-electron chi connectivity index (χ0n) is 10.6. The molecule has 0 radical (unpaired) electrons. The fourth-order valence-corrected chi connectivity index (χ4v) is 2.09. The first-order valence-corrected chi connectivity index (χ1v) is 6.13. The number of amides is 1. The number of piperidine rings is 1. The average Bonchev–Trinajstić information content (AvgIpc) is 2.26. The number of aliphatic hydroxyl groups is 1. The molecular weight excluding hydrogens is 204 g/mol. The van der Waals surface area contributed by atoms with Crippen LogP contribution in [0.2, 0.25) is 0 Å². The highest BCUT2D eigenvalue weighted by Crippen LogP contribution is 2.15. The van der Waals surface area contributed by atoms with Crippen molar-refractivity contribution < 1.29 is 9.90 Å². The average molecular weight is 228 g/mol. The second-order valence-electron chi connectivity index (χ2n) is 4.99. The summed E-state index contributed by atoms with van der Waals surface area (Å²) < 4.78 is 0. The summed E-state index contributed by atoms with van der Waals surface area (Å²) in [4.78, 5) is 16.0. The number of nitrogens with zero attached hydrogens (tertiary/aromatic N) is 2. The van der Waals surface area contributed by atoms with Gasteiger partial charge in [-0.05, 0) is 40.3 Å². The minimum absolute atomic E-state index is 0.187. The standard InChI is InChI=1S/C12H24N2O2/c1-10(15)6-7-12(16)14-8-4-5-11(9-14)13(2)3/h10-11,15H,4-9H2,1-3H3. The van der Waals surface area contributed by atoms with E-state index in [0.717, 1.165) is 19.5 Å². The van der Waals surface area contributed by atoms with Gasteiger partial charge in [0, 0.05) is 25.6 Å². The number of carbonyl (C=O) groups excluding carboxylic acids is 1. The predicted molar refractivity (Wildman–Crippen MR) is 64.2 cm³/mol. The molecule has 0 aromatic rings. The van der Waals surface area contributed by atoms with Crippen LogP contribution in [-0.4, -0.2) is 60.1 Å². The Labute approximate surface area is 98.2 Å². The minimum atomic E-state index is -0.376. The lowest BCUT2D eigenvalue weighted by Crippen LogP contribution is -2.47. The summed E-state index contributed by atoms with van der Waals surface area (Å²) in [7, 11) is 4.13. The van der Waals surface area contributed by atoms with E-state index in [1.165, 1.54) is 6.42 Å². The summed E-state index contributed by atoms with van der Waals surface area (Å²) in [6.45, 7) is 3.45. The Kier molecular flexibility index (Phi) is 5.22. The third-order valence-electron chi connectivity index (χ3n) is 3.26. The number of hydrogen-bond donors (Lipinski definition) is 1. The third kappa shape index (κ3) is 4.10. The lowest BCUT2D eigenvalue weighted by atomic mass is 10.0. The van der Waals surface area contributed by atoms with Crippen LogP contribution in [-0.2, 0) is 4.79 Å². The largest absolute Gasteiger partial charge is 0.393 e. The SMILES string of the molecule is CC(O)CCC(=O)N1CCCC(N(C)C)C1. The first-order chi connectivity index (χ1) is 7.50. The normalized spacial score (nSPS) is 23.6. The maximum Gasteiger partial charge on any atom is 0.222 e. The van der Waals surface area contributed by atoms with Crippen molar-refractivity contribution in [2.45, 2.75) is 44.8 Å². The summed E-state index contributed by atoms with van der Waals surface area (Å²) >= 11 is 0. The Hall–Kier alpha value is -0.610. The molecule has 4 heteroatoms. The molecule has 1 fully saturated rings. The molecule has 94 valence electrons. The van der Waals surface area contributed by atoms with Crippen molar-refractivity contribution in [1.29, 1.82) is 0 Å². The third-order valence-corrected chi connectivity index (χ3v) is 3.26. The molecule has 0 spiro atoms. The van der Waals surface area contributed by atoms with Crippen molar-refractivity contribution in [3.05, 3.63) is 0 Å². The molecule has 2 atom stereocenters. The molecule has 2 unspecified atom stereocenters. The number of likely N-dealkylation sites (tertiary alicyclic amines) is 1. The monoisotopic (exact) mass is 228 g/mol. The van der Waals surface area contributed by atoms with E-state index >= 15 is 0 Å². The van der Waals surface area contributed by atoms with Crippen LogP contribution in [0.4, 0.5) is 0 Å². The number of aliphatic hydroxyl groups excluding tert-OH is 1. The number of carbonyl (C=O) groups is 1. The number of rotatable bonds is 4. The van der Waals surface area contributed by atoms with Crippen LogP contribution in [0.3, 0.4) is 0 Å². The van der Waals surface area contributed by atoms with Gasteiger partial charge >= 0.3 is 0 Å². The van der Waals surface area contributed by atoms with E-state index in [4.69, 9.17) is 5.11 Å². The van der Waals surface area contributed by atoms with E-state index < -0.39 is 0 Å². The lowest BCUT2D eigenvalue weighted by Gasteiger charge is -2.36. The van der Waals surface area contributed by atoms with Gasteiger partial charge in [-0.1, -0.05) is 0 Å². The zero-order valence-corrected chi connectivity index (χ0v) is 10.6. The van der Waals surface area contributed by atoms with E-state index in [9.17, 15) is 4.79 Å². The molecule has 1 aliphatic rings. The number of hydrogen-bond acceptors (Lipinski definition) is 3. The molecule has 0 saturated carbocycles. The predicted octanol–water partition coefficient (Wildman–Crippen LogP) is 0.700. The van der Waals surface area contributed by atoms with Crippen molar-refractivity contribution in [3.63, 3.8) is 0 Å². The van der Waals surface area contributed by atoms with Crippen molar-refractivity contribution >= 4 is 5.91 Å². The van der Waals surface area contributed by atoms with E-state index in [2.05, 4.69) is 19.0 Å². The van der Waals surface area contributed by atoms with Crippen LogP contribution in [0.15, 0.2) is 0 Å². The van der Waals surface area contributed by atoms with Gasteiger partial charge in [0.25, 0.3) is 0 Å². The molecule has 1 rings (SSSR count). The lowest BCUT2D eigenvalue weighted by molar-refractivity contribution is -0.133. The Morgan fingerprint density at radius 2 is 2.25 bits per heavy atom. The van der Waals surface area contributed by atoms with Crippen LogP contribution in [0, 0.1) is 0 Å². The second-order valence-corrected chi connectivity index (χ2v) is 4.99. The van der Waals surface area contributed by atoms with E-state index in [1.54, 1.807) is 6.92 Å². The highest BCUT2D eigenvalue weighted by atomic mass is 16.3. The van der Waals surface area contributed by atoms with Crippen molar-refractivity contribution in [1.82, 2.24) is 9.80 Å². The first-order valence-electron chi connectivity index (χ1n) is 6.13. The number of likely N-dealkylation sites (N-methyl/N-ethyl adjacent to an activating group) is 1. The smallest absolute Gasteiger partial charge is 0.222 e. The first kappa shape index (κ1) is 13.5. The quantitative estimate of drug-likeness (QED) is 0.770. The Bertz CT molecular complexity index is 229. The molecule has 0 aromatic carbocycles. The minimum Gasteiger partial charge on any atom is -0.393 e. The van der Waals surface area contributed by atoms with Gasteiger partial charge in [0.05, 0.1) is 6.10 Å². The van der Waals surface area contributed by atoms with Gasteiger partial charge in [-0.2, -0.15) is 0 Å². The van der Waals surface area contributed by atoms with Gasteiger partial charge in [-0.3, -0.25) is 4.79 Å². The van der Waals surface area contributed by atoms with Gasteiger partial charge in [-0.15, -0.1) is 0 Å². The molecule has 0 aliphatic carbocycles. The van der Waals surface area contributed by atoms with Gasteiger partial charge in [0.1, 0.15) is 0 Å². The fraction of sp³-hybridized carbons (Fsp3) is 0.917. The molecule has 1 amide bonds. The summed E-state index contributed by atoms with van der Waals surface area (Å²) in [5.74, 6) is 0.187. The van der Waals surface area contributed by atoms with E-state index in [1.807, 2.05) is 4.90 Å². The van der Waals surface area contributed by atoms with Crippen molar-refractivity contribution in [3.8, 4) is 0 Å². The maximum atomic E-state index is 11.9. The van der Waals surface area contributed by atoms with Crippen molar-refractivity contribution in [2.75, 3.05) is 27.2 Å². The topological polar surface area (TPSA) is 43.8 Å². The highest BCUT2D eigenvalue weighted by molar-refractivity contribution is 5.76. The summed E-state index contributed by atoms with van der Waals surface area (Å²) in [5, 5.41) is 9.16. The van der Waals surface area contributed by atoms with Crippen LogP contribution < -0.4 is 0 Å². The molecular formula is C12H24N2O2. The van der Waals surface area contributed by atoms with Crippen LogP contribution >= 0.6 is 0 Å². The van der Waals surface area contributed by atoms with Gasteiger partial charge in [-0.25, -0.2) is 0 Å². The Morgan fingerprint density at radius 3 is 2.81 bits per heavy atom. The zero-order chi connectivity index (χ0) is 12.1. The molecule has 16 heavy (non-hydrogen) atoms. The van der Waals surface area contributed by atoms with Crippen molar-refractivity contribution in [2.24, 2.45) is 0 Å².